The molecule has 6 heteroatoms. The lowest BCUT2D eigenvalue weighted by Crippen LogP contribution is -2.30. The average molecular weight is 355 g/mol. The van der Waals surface area contributed by atoms with Gasteiger partial charge in [0.2, 0.25) is 5.91 Å². The maximum atomic E-state index is 12.7. The number of nitrogens with two attached hydrogens (primary N) is 1. The van der Waals surface area contributed by atoms with Gasteiger partial charge >= 0.3 is 0 Å². The number of aromatic nitrogens is 1. The monoisotopic (exact) mass is 355 g/mol. The molecule has 1 aromatic carbocycles. The zero-order valence-electron chi connectivity index (χ0n) is 14.6. The van der Waals surface area contributed by atoms with Gasteiger partial charge in [0, 0.05) is 17.9 Å². The maximum Gasteiger partial charge on any atom is 0.251 e. The molecule has 130 valence electrons. The smallest absolute Gasteiger partial charge is 0.251 e. The number of benzene rings is 1. The maximum absolute atomic E-state index is 12.7. The summed E-state index contributed by atoms with van der Waals surface area (Å²) in [6.07, 6.45) is 0.875. The van der Waals surface area contributed by atoms with Crippen LogP contribution in [0, 0.1) is 20.8 Å². The fourth-order valence-electron chi connectivity index (χ4n) is 3.11. The number of thioether (sulfide) groups is 1. The zero-order chi connectivity index (χ0) is 18.1. The number of carbonyl (C=O) groups is 2. The molecule has 0 aliphatic carbocycles. The van der Waals surface area contributed by atoms with Gasteiger partial charge in [-0.25, -0.2) is 4.98 Å². The lowest BCUT2D eigenvalue weighted by molar-refractivity contribution is -0.116. The number of amides is 2. The summed E-state index contributed by atoms with van der Waals surface area (Å²) in [5.41, 5.74) is 10.8. The molecule has 2 N–H and O–H groups in total. The van der Waals surface area contributed by atoms with E-state index < -0.39 is 5.91 Å². The molecule has 2 amide bonds. The summed E-state index contributed by atoms with van der Waals surface area (Å²) in [5.74, 6) is -0.263. The van der Waals surface area contributed by atoms with Gasteiger partial charge < -0.3 is 10.6 Å². The van der Waals surface area contributed by atoms with E-state index in [1.54, 1.807) is 4.90 Å². The van der Waals surface area contributed by atoms with Crippen molar-refractivity contribution in [3.63, 3.8) is 0 Å². The SMILES string of the molecule is Cc1nc(SCC(=O)N2CCc3ccccc32)c(C(N)=O)c(C)c1C. The number of hydrogen-bond acceptors (Lipinski definition) is 4. The van der Waals surface area contributed by atoms with E-state index in [2.05, 4.69) is 11.1 Å². The van der Waals surface area contributed by atoms with E-state index in [1.165, 1.54) is 17.3 Å². The van der Waals surface area contributed by atoms with Crippen LogP contribution in [-0.2, 0) is 11.2 Å². The summed E-state index contributed by atoms with van der Waals surface area (Å²) in [6.45, 7) is 6.38. The summed E-state index contributed by atoms with van der Waals surface area (Å²) in [6, 6.07) is 7.95. The summed E-state index contributed by atoms with van der Waals surface area (Å²) in [7, 11) is 0. The summed E-state index contributed by atoms with van der Waals surface area (Å²) in [5, 5.41) is 0.536. The van der Waals surface area contributed by atoms with Crippen molar-refractivity contribution in [2.24, 2.45) is 5.73 Å². The number of pyridine rings is 1. The number of nitrogens with zero attached hydrogens (tertiary/aromatic N) is 2. The molecular weight excluding hydrogens is 334 g/mol. The van der Waals surface area contributed by atoms with Crippen molar-refractivity contribution in [3.05, 3.63) is 52.2 Å². The molecule has 2 heterocycles. The second-order valence-corrected chi connectivity index (χ2v) is 7.17. The molecule has 5 nitrogen and oxygen atoms in total. The first-order chi connectivity index (χ1) is 11.9. The highest BCUT2D eigenvalue weighted by molar-refractivity contribution is 8.00. The highest BCUT2D eigenvalue weighted by atomic mass is 32.2. The molecule has 1 aliphatic heterocycles. The third kappa shape index (κ3) is 3.26. The van der Waals surface area contributed by atoms with Crippen molar-refractivity contribution < 1.29 is 9.59 Å². The van der Waals surface area contributed by atoms with Crippen molar-refractivity contribution in [1.29, 1.82) is 0 Å². The fraction of sp³-hybridized carbons (Fsp3) is 0.316. The van der Waals surface area contributed by atoms with E-state index in [0.717, 1.165) is 28.9 Å². The van der Waals surface area contributed by atoms with E-state index >= 15 is 0 Å². The summed E-state index contributed by atoms with van der Waals surface area (Å²) in [4.78, 5) is 30.8. The Labute approximate surface area is 151 Å². The third-order valence-electron chi connectivity index (χ3n) is 4.73. The number of carbonyl (C=O) groups excluding carboxylic acids is 2. The minimum atomic E-state index is -0.505. The molecule has 1 aliphatic rings. The molecule has 0 bridgehead atoms. The van der Waals surface area contributed by atoms with Gasteiger partial charge in [-0.3, -0.25) is 9.59 Å². The first-order valence-corrected chi connectivity index (χ1v) is 9.17. The number of fused-ring (bicyclic) bond motifs is 1. The highest BCUT2D eigenvalue weighted by Crippen LogP contribution is 2.30. The largest absolute Gasteiger partial charge is 0.366 e. The standard InChI is InChI=1S/C19H21N3O2S/c1-11-12(2)17(18(20)24)19(21-13(11)3)25-10-16(23)22-9-8-14-6-4-5-7-15(14)22/h4-7H,8-10H2,1-3H3,(H2,20,24). The minimum absolute atomic E-state index is 0.0167. The lowest BCUT2D eigenvalue weighted by atomic mass is 10.0. The van der Waals surface area contributed by atoms with Gasteiger partial charge in [-0.05, 0) is 49.9 Å². The Morgan fingerprint density at radius 1 is 1.20 bits per heavy atom. The Morgan fingerprint density at radius 2 is 1.92 bits per heavy atom. The predicted octanol–water partition coefficient (Wildman–Crippen LogP) is 2.79. The van der Waals surface area contributed by atoms with Crippen LogP contribution in [0.1, 0.15) is 32.7 Å². The van der Waals surface area contributed by atoms with Gasteiger partial charge in [-0.1, -0.05) is 30.0 Å². The highest BCUT2D eigenvalue weighted by Gasteiger charge is 2.25. The van der Waals surface area contributed by atoms with Crippen LogP contribution < -0.4 is 10.6 Å². The molecule has 3 rings (SSSR count). The van der Waals surface area contributed by atoms with Crippen LogP contribution in [0.2, 0.25) is 0 Å². The van der Waals surface area contributed by atoms with E-state index in [1.807, 2.05) is 39.0 Å². The molecule has 0 radical (unpaired) electrons. The van der Waals surface area contributed by atoms with Crippen LogP contribution in [0.25, 0.3) is 0 Å². The molecule has 0 fully saturated rings. The number of hydrogen-bond donors (Lipinski definition) is 1. The molecule has 0 atom stereocenters. The molecule has 0 saturated heterocycles. The van der Waals surface area contributed by atoms with Crippen LogP contribution >= 0.6 is 11.8 Å². The van der Waals surface area contributed by atoms with Crippen LogP contribution in [0.3, 0.4) is 0 Å². The predicted molar refractivity (Wildman–Crippen MR) is 100 cm³/mol. The lowest BCUT2D eigenvalue weighted by Gasteiger charge is -2.18. The van der Waals surface area contributed by atoms with Gasteiger partial charge in [0.05, 0.1) is 11.3 Å². The fourth-order valence-corrected chi connectivity index (χ4v) is 4.13. The molecule has 25 heavy (non-hydrogen) atoms. The Morgan fingerprint density at radius 3 is 2.64 bits per heavy atom. The topological polar surface area (TPSA) is 76.3 Å². The molecular formula is C19H21N3O2S. The van der Waals surface area contributed by atoms with Crippen LogP contribution in [-0.4, -0.2) is 29.1 Å². The van der Waals surface area contributed by atoms with Crippen molar-refractivity contribution in [2.75, 3.05) is 17.2 Å². The van der Waals surface area contributed by atoms with Gasteiger partial charge in [0.15, 0.2) is 0 Å². The number of aryl methyl sites for hydroxylation is 1. The van der Waals surface area contributed by atoms with Crippen molar-refractivity contribution in [3.8, 4) is 0 Å². The van der Waals surface area contributed by atoms with Gasteiger partial charge in [0.1, 0.15) is 5.03 Å². The van der Waals surface area contributed by atoms with Crippen molar-refractivity contribution in [2.45, 2.75) is 32.2 Å². The number of para-hydroxylation sites is 1. The van der Waals surface area contributed by atoms with Crippen molar-refractivity contribution in [1.82, 2.24) is 4.98 Å². The normalized spacial score (nSPS) is 13.0. The number of anilines is 1. The first-order valence-electron chi connectivity index (χ1n) is 8.18. The second kappa shape index (κ2) is 6.88. The summed E-state index contributed by atoms with van der Waals surface area (Å²) < 4.78 is 0. The summed E-state index contributed by atoms with van der Waals surface area (Å²) >= 11 is 1.28. The molecule has 0 unspecified atom stereocenters. The van der Waals surface area contributed by atoms with E-state index in [-0.39, 0.29) is 11.7 Å². The van der Waals surface area contributed by atoms with Crippen LogP contribution in [0.4, 0.5) is 5.69 Å². The third-order valence-corrected chi connectivity index (χ3v) is 5.69. The van der Waals surface area contributed by atoms with E-state index in [9.17, 15) is 9.59 Å². The Bertz CT molecular complexity index is 864. The van der Waals surface area contributed by atoms with Gasteiger partial charge in [-0.2, -0.15) is 0 Å². The first kappa shape index (κ1) is 17.5. The Hall–Kier alpha value is -2.34. The molecule has 0 spiro atoms. The molecule has 2 aromatic rings. The average Bonchev–Trinajstić information content (AvgIpc) is 3.01. The second-order valence-electron chi connectivity index (χ2n) is 6.20. The molecule has 1 aromatic heterocycles. The number of primary amides is 1. The van der Waals surface area contributed by atoms with E-state index in [4.69, 9.17) is 5.73 Å². The van der Waals surface area contributed by atoms with Gasteiger partial charge in [-0.15, -0.1) is 0 Å². The van der Waals surface area contributed by atoms with E-state index in [0.29, 0.717) is 17.1 Å². The van der Waals surface area contributed by atoms with Crippen LogP contribution in [0.15, 0.2) is 29.3 Å². The minimum Gasteiger partial charge on any atom is -0.366 e. The van der Waals surface area contributed by atoms with Crippen LogP contribution in [0.5, 0.6) is 0 Å². The van der Waals surface area contributed by atoms with Gasteiger partial charge in [0.25, 0.3) is 5.91 Å². The quantitative estimate of drug-likeness (QED) is 0.856. The van der Waals surface area contributed by atoms with Crippen molar-refractivity contribution >= 4 is 29.3 Å². The number of rotatable bonds is 4. The Kier molecular flexibility index (Phi) is 4.81. The molecule has 0 saturated carbocycles. The zero-order valence-corrected chi connectivity index (χ0v) is 15.4. The Balaban J connectivity index is 1.81.